The van der Waals surface area contributed by atoms with Crippen molar-refractivity contribution in [3.05, 3.63) is 192 Å². The van der Waals surface area contributed by atoms with Crippen molar-refractivity contribution in [2.75, 3.05) is 10.6 Å². The number of carbonyl (C=O) groups excluding carboxylic acids is 2. The topological polar surface area (TPSA) is 154 Å². The normalized spacial score (nSPS) is 10.6. The van der Waals surface area contributed by atoms with Gasteiger partial charge >= 0.3 is 5.97 Å². The number of anilines is 2. The number of phenols is 2. The van der Waals surface area contributed by atoms with E-state index in [1.54, 1.807) is 66.7 Å². The molecule has 60 heavy (non-hydrogen) atoms. The van der Waals surface area contributed by atoms with E-state index in [0.717, 1.165) is 43.9 Å². The first-order valence-electron chi connectivity index (χ1n) is 19.0. The van der Waals surface area contributed by atoms with Crippen molar-refractivity contribution in [3.63, 3.8) is 0 Å². The molecule has 298 valence electrons. The second kappa shape index (κ2) is 18.4. The standard InChI is InChI=1S/C25H19NO5.C25H21NO3/c27-19-9-7-18-15-21(12-8-17(18)14-19)31-20-10-5-16(6-11-20)13-24(28)26-23-4-2-1-3-22(23)25(29)30;1-17-4-2-3-5-24(17)26-25(28)14-18-6-11-22(12-7-18)29-23-13-9-19-15-21(27)10-8-20(19)16-23/h1-12,14-15,27H,13H2,(H,26,28)(H,29,30);2-13,15-16,27H,14H2,1H3,(H,26,28). The highest BCUT2D eigenvalue weighted by Gasteiger charge is 2.13. The SMILES string of the molecule is Cc1ccccc1NC(=O)Cc1ccc(Oc2ccc3cc(O)ccc3c2)cc1.O=C(Cc1ccc(Oc2ccc3cc(O)ccc3c2)cc1)Nc1ccccc1C(=O)O. The fourth-order valence-electron chi connectivity index (χ4n) is 6.42. The molecule has 0 bridgehead atoms. The van der Waals surface area contributed by atoms with Crippen molar-refractivity contribution < 1.29 is 39.2 Å². The second-order valence-corrected chi connectivity index (χ2v) is 14.0. The number of aryl methyl sites for hydroxylation is 1. The largest absolute Gasteiger partial charge is 0.508 e. The van der Waals surface area contributed by atoms with Gasteiger partial charge in [0.25, 0.3) is 0 Å². The average Bonchev–Trinajstić information content (AvgIpc) is 3.23. The van der Waals surface area contributed by atoms with Crippen LogP contribution >= 0.6 is 0 Å². The second-order valence-electron chi connectivity index (χ2n) is 14.0. The summed E-state index contributed by atoms with van der Waals surface area (Å²) in [7, 11) is 0. The number of amides is 2. The van der Waals surface area contributed by atoms with Gasteiger partial charge in [0.05, 0.1) is 24.1 Å². The number of nitrogens with one attached hydrogen (secondary N) is 2. The van der Waals surface area contributed by atoms with Gasteiger partial charge < -0.3 is 35.4 Å². The van der Waals surface area contributed by atoms with Gasteiger partial charge in [0, 0.05) is 5.69 Å². The Hall–Kier alpha value is -8.11. The number of aromatic carboxylic acids is 1. The van der Waals surface area contributed by atoms with Crippen LogP contribution in [0.2, 0.25) is 0 Å². The molecule has 8 aromatic rings. The van der Waals surface area contributed by atoms with Gasteiger partial charge in [-0.25, -0.2) is 4.79 Å². The molecule has 0 atom stereocenters. The van der Waals surface area contributed by atoms with E-state index in [0.29, 0.717) is 29.4 Å². The number of rotatable bonds is 11. The Morgan fingerprint density at radius 2 is 0.867 bits per heavy atom. The van der Waals surface area contributed by atoms with Crippen LogP contribution < -0.4 is 20.1 Å². The van der Waals surface area contributed by atoms with Crippen molar-refractivity contribution in [3.8, 4) is 34.5 Å². The van der Waals surface area contributed by atoms with Gasteiger partial charge in [-0.05, 0) is 136 Å². The molecule has 0 radical (unpaired) electrons. The molecule has 0 saturated heterocycles. The van der Waals surface area contributed by atoms with E-state index in [1.165, 1.54) is 6.07 Å². The number of ether oxygens (including phenoxy) is 2. The summed E-state index contributed by atoms with van der Waals surface area (Å²) in [6.07, 6.45) is 0.405. The van der Waals surface area contributed by atoms with E-state index >= 15 is 0 Å². The predicted octanol–water partition coefficient (Wildman–Crippen LogP) is 11.0. The van der Waals surface area contributed by atoms with Gasteiger partial charge in [0.1, 0.15) is 34.5 Å². The highest BCUT2D eigenvalue weighted by atomic mass is 16.5. The lowest BCUT2D eigenvalue weighted by atomic mass is 10.1. The lowest BCUT2D eigenvalue weighted by Crippen LogP contribution is -2.16. The molecule has 0 fully saturated rings. The summed E-state index contributed by atoms with van der Waals surface area (Å²) in [5, 5.41) is 37.7. The molecule has 8 aromatic carbocycles. The van der Waals surface area contributed by atoms with Gasteiger partial charge in [-0.1, -0.05) is 78.9 Å². The zero-order chi connectivity index (χ0) is 42.0. The Morgan fingerprint density at radius 3 is 1.35 bits per heavy atom. The number of phenolic OH excluding ortho intramolecular Hbond substituents is 2. The van der Waals surface area contributed by atoms with Crippen molar-refractivity contribution in [1.82, 2.24) is 0 Å². The molecular weight excluding hydrogens is 757 g/mol. The van der Waals surface area contributed by atoms with Gasteiger partial charge in [0.15, 0.2) is 0 Å². The number of fused-ring (bicyclic) bond motifs is 2. The van der Waals surface area contributed by atoms with Crippen molar-refractivity contribution >= 4 is 50.7 Å². The third-order valence-electron chi connectivity index (χ3n) is 9.49. The molecule has 2 amide bonds. The van der Waals surface area contributed by atoms with Crippen LogP contribution in [-0.2, 0) is 22.4 Å². The summed E-state index contributed by atoms with van der Waals surface area (Å²) in [6.45, 7) is 1.97. The van der Waals surface area contributed by atoms with Crippen molar-refractivity contribution in [1.29, 1.82) is 0 Å². The lowest BCUT2D eigenvalue weighted by Gasteiger charge is -2.10. The van der Waals surface area contributed by atoms with E-state index in [9.17, 15) is 29.7 Å². The molecular formula is C50H40N2O8. The predicted molar refractivity (Wildman–Crippen MR) is 234 cm³/mol. The van der Waals surface area contributed by atoms with Crippen LogP contribution in [0.15, 0.2) is 170 Å². The molecule has 0 aliphatic heterocycles. The first-order chi connectivity index (χ1) is 29.0. The zero-order valence-electron chi connectivity index (χ0n) is 32.5. The molecule has 0 saturated carbocycles. The summed E-state index contributed by atoms with van der Waals surface area (Å²) < 4.78 is 11.8. The van der Waals surface area contributed by atoms with Gasteiger partial charge in [-0.15, -0.1) is 0 Å². The number of para-hydroxylation sites is 2. The van der Waals surface area contributed by atoms with Crippen LogP contribution in [0.3, 0.4) is 0 Å². The van der Waals surface area contributed by atoms with Crippen LogP contribution in [0.25, 0.3) is 21.5 Å². The molecule has 5 N–H and O–H groups in total. The Bertz CT molecular complexity index is 2820. The fourth-order valence-corrected chi connectivity index (χ4v) is 6.42. The molecule has 10 nitrogen and oxygen atoms in total. The van der Waals surface area contributed by atoms with Crippen molar-refractivity contribution in [2.45, 2.75) is 19.8 Å². The minimum absolute atomic E-state index is 0.0465. The maximum atomic E-state index is 12.3. The number of carboxylic acids is 1. The van der Waals surface area contributed by atoms with E-state index in [4.69, 9.17) is 9.47 Å². The Kier molecular flexibility index (Phi) is 12.3. The molecule has 0 heterocycles. The van der Waals surface area contributed by atoms with Gasteiger partial charge in [-0.2, -0.15) is 0 Å². The van der Waals surface area contributed by atoms with Crippen LogP contribution in [0.4, 0.5) is 11.4 Å². The summed E-state index contributed by atoms with van der Waals surface area (Å²) in [4.78, 5) is 35.9. The molecule has 0 aromatic heterocycles. The van der Waals surface area contributed by atoms with Crippen LogP contribution in [-0.4, -0.2) is 33.1 Å². The molecule has 10 heteroatoms. The number of hydrogen-bond acceptors (Lipinski definition) is 7. The number of benzene rings is 8. The maximum absolute atomic E-state index is 12.3. The Morgan fingerprint density at radius 1 is 0.467 bits per heavy atom. The van der Waals surface area contributed by atoms with Crippen LogP contribution in [0.5, 0.6) is 34.5 Å². The minimum Gasteiger partial charge on any atom is -0.508 e. The molecule has 0 aliphatic carbocycles. The minimum atomic E-state index is -1.09. The first-order valence-corrected chi connectivity index (χ1v) is 19.0. The first kappa shape index (κ1) is 40.1. The third-order valence-corrected chi connectivity index (χ3v) is 9.49. The summed E-state index contributed by atoms with van der Waals surface area (Å²) in [5.41, 5.74) is 3.87. The maximum Gasteiger partial charge on any atom is 0.337 e. The quantitative estimate of drug-likeness (QED) is 0.0866. The zero-order valence-corrected chi connectivity index (χ0v) is 32.5. The van der Waals surface area contributed by atoms with E-state index in [-0.39, 0.29) is 41.0 Å². The monoisotopic (exact) mass is 796 g/mol. The highest BCUT2D eigenvalue weighted by Crippen LogP contribution is 2.30. The molecule has 8 rings (SSSR count). The molecule has 0 unspecified atom stereocenters. The average molecular weight is 797 g/mol. The number of carboxylic acid groups (broad SMARTS) is 1. The number of hydrogen-bond donors (Lipinski definition) is 5. The summed E-state index contributed by atoms with van der Waals surface area (Å²) in [5.74, 6) is 1.71. The summed E-state index contributed by atoms with van der Waals surface area (Å²) >= 11 is 0. The van der Waals surface area contributed by atoms with E-state index < -0.39 is 5.97 Å². The van der Waals surface area contributed by atoms with Crippen molar-refractivity contribution in [2.24, 2.45) is 0 Å². The van der Waals surface area contributed by atoms with Crippen LogP contribution in [0.1, 0.15) is 27.0 Å². The Balaban J connectivity index is 0.000000182. The van der Waals surface area contributed by atoms with Crippen LogP contribution in [0, 0.1) is 6.92 Å². The molecule has 0 aliphatic rings. The lowest BCUT2D eigenvalue weighted by molar-refractivity contribution is -0.116. The van der Waals surface area contributed by atoms with E-state index in [1.807, 2.05) is 104 Å². The van der Waals surface area contributed by atoms with Gasteiger partial charge in [-0.3, -0.25) is 9.59 Å². The number of aromatic hydroxyl groups is 2. The molecule has 0 spiro atoms. The third kappa shape index (κ3) is 10.6. The number of carbonyl (C=O) groups is 3. The summed E-state index contributed by atoms with van der Waals surface area (Å²) in [6, 6.07) is 50.3. The van der Waals surface area contributed by atoms with E-state index in [2.05, 4.69) is 10.6 Å². The van der Waals surface area contributed by atoms with Gasteiger partial charge in [0.2, 0.25) is 11.8 Å². The Labute approximate surface area is 345 Å². The fraction of sp³-hybridized carbons (Fsp3) is 0.0600. The highest BCUT2D eigenvalue weighted by molar-refractivity contribution is 6.01. The smallest absolute Gasteiger partial charge is 0.337 e.